The Balaban J connectivity index is 0.717. The van der Waals surface area contributed by atoms with Gasteiger partial charge in [-0.1, -0.05) is 99.6 Å². The van der Waals surface area contributed by atoms with Crippen molar-refractivity contribution in [1.29, 1.82) is 0 Å². The van der Waals surface area contributed by atoms with Crippen molar-refractivity contribution in [2.24, 2.45) is 0 Å². The Labute approximate surface area is 400 Å². The predicted molar refractivity (Wildman–Crippen MR) is 272 cm³/mol. The van der Waals surface area contributed by atoms with E-state index in [4.69, 9.17) is 18.6 Å². The Hall–Kier alpha value is -5.49. The van der Waals surface area contributed by atoms with E-state index in [2.05, 4.69) is 133 Å². The molecule has 5 aromatic carbocycles. The van der Waals surface area contributed by atoms with Gasteiger partial charge in [-0.05, 0) is 145 Å². The van der Waals surface area contributed by atoms with Crippen LogP contribution in [-0.4, -0.2) is 100 Å². The highest BCUT2D eigenvalue weighted by atomic mass is 28.4. The van der Waals surface area contributed by atoms with Crippen LogP contribution in [0.1, 0.15) is 89.2 Å². The van der Waals surface area contributed by atoms with Crippen molar-refractivity contribution in [3.05, 3.63) is 139 Å². The summed E-state index contributed by atoms with van der Waals surface area (Å²) in [4.78, 5) is 17.7. The van der Waals surface area contributed by atoms with E-state index in [9.17, 15) is 9.90 Å². The minimum Gasteiger partial charge on any atom is -0.534 e. The molecule has 11 heteroatoms. The smallest absolute Gasteiger partial charge is 0.320 e. The molecule has 0 bridgehead atoms. The summed E-state index contributed by atoms with van der Waals surface area (Å²) in [5, 5.41) is 20.1. The molecule has 0 radical (unpaired) electrons. The number of carbonyl (C=O) groups excluding carboxylic acids is 1. The van der Waals surface area contributed by atoms with Crippen LogP contribution < -0.4 is 39.6 Å². The van der Waals surface area contributed by atoms with E-state index in [0.29, 0.717) is 24.3 Å². The largest absolute Gasteiger partial charge is 0.534 e. The molecule has 1 atom stereocenters. The Bertz CT molecular complexity index is 2250. The highest BCUT2D eigenvalue weighted by Gasteiger charge is 2.52. The molecular weight excluding hydrogens is 853 g/mol. The third-order valence-electron chi connectivity index (χ3n) is 14.0. The molecule has 356 valence electrons. The highest BCUT2D eigenvalue weighted by Crippen LogP contribution is 2.39. The van der Waals surface area contributed by atoms with Crippen molar-refractivity contribution in [1.82, 2.24) is 15.1 Å². The maximum atomic E-state index is 13.6. The number of rotatable bonds is 18. The Morgan fingerprint density at radius 1 is 0.731 bits per heavy atom. The number of hydrogen-bond donors (Lipinski definition) is 3. The van der Waals surface area contributed by atoms with Gasteiger partial charge in [0.15, 0.2) is 11.5 Å². The van der Waals surface area contributed by atoms with Crippen molar-refractivity contribution < 1.29 is 28.5 Å². The number of benzene rings is 5. The van der Waals surface area contributed by atoms with Crippen LogP contribution in [0.5, 0.6) is 23.0 Å². The molecule has 67 heavy (non-hydrogen) atoms. The van der Waals surface area contributed by atoms with Gasteiger partial charge < -0.3 is 44.2 Å². The normalized spacial score (nSPS) is 17.0. The first kappa shape index (κ1) is 48.0. The van der Waals surface area contributed by atoms with Crippen LogP contribution in [0.25, 0.3) is 0 Å². The van der Waals surface area contributed by atoms with Crippen molar-refractivity contribution in [3.8, 4) is 23.0 Å². The van der Waals surface area contributed by atoms with E-state index in [1.165, 1.54) is 34.3 Å². The van der Waals surface area contributed by atoms with E-state index in [1.54, 1.807) is 7.11 Å². The van der Waals surface area contributed by atoms with Crippen LogP contribution in [-0.2, 0) is 6.42 Å². The molecule has 8 rings (SSSR count). The summed E-state index contributed by atoms with van der Waals surface area (Å²) in [6, 6.07) is 44.6. The Morgan fingerprint density at radius 3 is 1.93 bits per heavy atom. The topological polar surface area (TPSA) is 105 Å². The zero-order valence-electron chi connectivity index (χ0n) is 40.1. The number of methoxy groups -OCH3 is 1. The molecule has 1 saturated carbocycles. The lowest BCUT2D eigenvalue weighted by molar-refractivity contribution is 0.106. The average Bonchev–Trinajstić information content (AvgIpc) is 3.88. The Morgan fingerprint density at radius 2 is 1.33 bits per heavy atom. The van der Waals surface area contributed by atoms with E-state index in [0.717, 1.165) is 101 Å². The summed E-state index contributed by atoms with van der Waals surface area (Å²) >= 11 is 0. The number of hydrogen-bond acceptors (Lipinski definition) is 8. The average molecular weight is 925 g/mol. The van der Waals surface area contributed by atoms with Crippen LogP contribution >= 0.6 is 0 Å². The zero-order chi connectivity index (χ0) is 46.6. The number of likely N-dealkylation sites (tertiary alicyclic amines) is 2. The number of amides is 2. The van der Waals surface area contributed by atoms with E-state index in [1.807, 2.05) is 35.2 Å². The number of carbonyl (C=O) groups is 1. The fraction of sp³-hybridized carbons (Fsp3) is 0.446. The molecule has 3 N–H and O–H groups in total. The Kier molecular flexibility index (Phi) is 16.1. The maximum absolute atomic E-state index is 13.6. The van der Waals surface area contributed by atoms with Crippen LogP contribution in [0.3, 0.4) is 0 Å². The fourth-order valence-electron chi connectivity index (χ4n) is 10.2. The number of urea groups is 1. The third kappa shape index (κ3) is 12.2. The van der Waals surface area contributed by atoms with E-state index in [-0.39, 0.29) is 23.8 Å². The summed E-state index contributed by atoms with van der Waals surface area (Å²) in [7, 11) is -1.02. The second-order valence-corrected chi connectivity index (χ2v) is 24.0. The summed E-state index contributed by atoms with van der Waals surface area (Å²) in [5.74, 6) is 3.57. The molecule has 5 aromatic rings. The number of piperidine rings is 2. The maximum Gasteiger partial charge on any atom is 0.320 e. The van der Waals surface area contributed by atoms with Crippen LogP contribution in [0, 0.1) is 0 Å². The number of ether oxygens (including phenoxy) is 3. The lowest BCUT2D eigenvalue weighted by Crippen LogP contribution is -2.68. The minimum absolute atomic E-state index is 0.137. The summed E-state index contributed by atoms with van der Waals surface area (Å²) in [5.41, 5.74) is 3.62. The summed E-state index contributed by atoms with van der Waals surface area (Å²) < 4.78 is 25.1. The molecule has 1 aliphatic carbocycles. The van der Waals surface area contributed by atoms with E-state index >= 15 is 0 Å². The molecule has 10 nitrogen and oxygen atoms in total. The van der Waals surface area contributed by atoms with Gasteiger partial charge in [-0.2, -0.15) is 0 Å². The highest BCUT2D eigenvalue weighted by molar-refractivity contribution is 7.00. The zero-order valence-corrected chi connectivity index (χ0v) is 41.1. The molecule has 2 saturated heterocycles. The second-order valence-electron chi connectivity index (χ2n) is 19.7. The second kappa shape index (κ2) is 22.5. The molecule has 0 aromatic heterocycles. The fourth-order valence-corrected chi connectivity index (χ4v) is 14.7. The molecule has 2 heterocycles. The van der Waals surface area contributed by atoms with Gasteiger partial charge in [0.2, 0.25) is 0 Å². The van der Waals surface area contributed by atoms with Crippen molar-refractivity contribution in [2.75, 3.05) is 58.3 Å². The molecule has 0 unspecified atom stereocenters. The monoisotopic (exact) mass is 925 g/mol. The van der Waals surface area contributed by atoms with Gasteiger partial charge >= 0.3 is 14.3 Å². The van der Waals surface area contributed by atoms with Gasteiger partial charge in [0.1, 0.15) is 24.2 Å². The predicted octanol–water partition coefficient (Wildman–Crippen LogP) is 9.40. The van der Waals surface area contributed by atoms with Crippen molar-refractivity contribution in [2.45, 2.75) is 108 Å². The lowest BCUT2D eigenvalue weighted by atomic mass is 9.89. The first-order valence-corrected chi connectivity index (χ1v) is 26.6. The lowest BCUT2D eigenvalue weighted by Gasteiger charge is -2.43. The molecule has 2 amide bonds. The van der Waals surface area contributed by atoms with E-state index < -0.39 is 14.4 Å². The molecular formula is C56H72N4O6Si. The summed E-state index contributed by atoms with van der Waals surface area (Å²) in [6.07, 6.45) is 8.96. The number of nitrogens with one attached hydrogen (secondary N) is 2. The molecule has 3 aliphatic rings. The summed E-state index contributed by atoms with van der Waals surface area (Å²) in [6.45, 7) is 11.3. The van der Waals surface area contributed by atoms with Crippen molar-refractivity contribution >= 4 is 30.4 Å². The van der Waals surface area contributed by atoms with Crippen LogP contribution in [0.15, 0.2) is 127 Å². The number of aliphatic hydroxyl groups excluding tert-OH is 1. The number of nitrogens with zero attached hydrogens (tertiary/aromatic N) is 2. The third-order valence-corrected chi connectivity index (χ3v) is 19.0. The van der Waals surface area contributed by atoms with Gasteiger partial charge in [0, 0.05) is 44.5 Å². The van der Waals surface area contributed by atoms with Crippen molar-refractivity contribution in [3.63, 3.8) is 0 Å². The first-order chi connectivity index (χ1) is 32.6. The molecule has 3 fully saturated rings. The molecule has 2 aliphatic heterocycles. The SMILES string of the molecule is COc1ccc(C2CCN(C(=O)N3CCC(Nc4ccc(CCNC[C@H](O)COc5ccc(O[Si](c6ccccc6)(c6ccccc6)C(C)(C)C)cc5)cc4)CC3)CC2)cc1OC1CCCC1. The number of anilines is 1. The van der Waals surface area contributed by atoms with Gasteiger partial charge in [0.05, 0.1) is 13.2 Å². The standard InChI is InChI=1S/C56H72N4O6Si/c1-56(2,3)67(51-15-7-5-8-16-51,52-17-9-6-10-18-52)66-50-26-24-48(25-27-50)64-41-47(61)40-57-34-29-42-19-22-45(23-20-42)58-46-32-37-60(38-33-46)55(62)59-35-30-43(31-36-59)44-21-28-53(63-4)54(39-44)65-49-13-11-12-14-49/h5-10,15-28,39,43,46-47,49,57-58,61H,11-14,29-38,40-41H2,1-4H3/t47-/m0/s1. The molecule has 0 spiro atoms. The first-order valence-electron chi connectivity index (χ1n) is 24.7. The van der Waals surface area contributed by atoms with Gasteiger partial charge in [-0.25, -0.2) is 4.79 Å². The van der Waals surface area contributed by atoms with Gasteiger partial charge in [-0.3, -0.25) is 0 Å². The number of aliphatic hydroxyl groups is 1. The van der Waals surface area contributed by atoms with Crippen LogP contribution in [0.2, 0.25) is 5.04 Å². The van der Waals surface area contributed by atoms with Gasteiger partial charge in [-0.15, -0.1) is 0 Å². The van der Waals surface area contributed by atoms with Gasteiger partial charge in [0.25, 0.3) is 0 Å². The van der Waals surface area contributed by atoms with Crippen LogP contribution in [0.4, 0.5) is 10.5 Å². The minimum atomic E-state index is -2.73. The quantitative estimate of drug-likeness (QED) is 0.0591.